The van der Waals surface area contributed by atoms with Gasteiger partial charge >= 0.3 is 5.97 Å². The van der Waals surface area contributed by atoms with Crippen LogP contribution in [0, 0.1) is 5.92 Å². The van der Waals surface area contributed by atoms with Gasteiger partial charge in [-0.3, -0.25) is 4.79 Å². The highest BCUT2D eigenvalue weighted by Gasteiger charge is 2.48. The molecule has 1 N–H and O–H groups in total. The third-order valence-corrected chi connectivity index (χ3v) is 5.53. The number of carbonyl (C=O) groups excluding carboxylic acids is 1. The number of nitrogens with zero attached hydrogens (tertiary/aromatic N) is 1. The lowest BCUT2D eigenvalue weighted by molar-refractivity contribution is -0.156. The van der Waals surface area contributed by atoms with E-state index in [1.165, 1.54) is 0 Å². The molecule has 130 valence electrons. The van der Waals surface area contributed by atoms with E-state index in [1.807, 2.05) is 0 Å². The van der Waals surface area contributed by atoms with Gasteiger partial charge in [0.2, 0.25) is 0 Å². The fraction of sp³-hybridized carbons (Fsp3) is 0.882. The largest absolute Gasteiger partial charge is 0.480 e. The molecular weight excluding hydrogens is 298 g/mol. The van der Waals surface area contributed by atoms with Gasteiger partial charge in [-0.1, -0.05) is 12.8 Å². The van der Waals surface area contributed by atoms with E-state index in [4.69, 9.17) is 9.47 Å². The van der Waals surface area contributed by atoms with Crippen LogP contribution in [-0.2, 0) is 19.1 Å². The minimum absolute atomic E-state index is 0.0709. The zero-order valence-electron chi connectivity index (χ0n) is 13.8. The standard InChI is InChI=1S/C17H27NO5/c1-11(23-10-13-6-4-8-22-13)16(19)18-14-7-3-2-5-12(14)9-15(18)17(20)21/h11-15H,2-10H2,1H3,(H,20,21)/t11-,12-,13-,14+,15-/m0/s1. The quantitative estimate of drug-likeness (QED) is 0.834. The smallest absolute Gasteiger partial charge is 0.326 e. The highest BCUT2D eigenvalue weighted by Crippen LogP contribution is 2.40. The summed E-state index contributed by atoms with van der Waals surface area (Å²) in [5.41, 5.74) is 0. The normalized spacial score (nSPS) is 35.1. The van der Waals surface area contributed by atoms with Crippen LogP contribution in [0.15, 0.2) is 0 Å². The lowest BCUT2D eigenvalue weighted by Gasteiger charge is -2.34. The second-order valence-electron chi connectivity index (χ2n) is 7.06. The summed E-state index contributed by atoms with van der Waals surface area (Å²) < 4.78 is 11.2. The predicted octanol–water partition coefficient (Wildman–Crippen LogP) is 1.81. The molecule has 0 aromatic rings. The maximum absolute atomic E-state index is 12.8. The molecular formula is C17H27NO5. The first kappa shape index (κ1) is 16.7. The summed E-state index contributed by atoms with van der Waals surface area (Å²) in [6.45, 7) is 2.90. The van der Waals surface area contributed by atoms with Crippen molar-refractivity contribution in [1.29, 1.82) is 0 Å². The Kier molecular flexibility index (Phi) is 5.21. The molecule has 3 rings (SSSR count). The number of hydrogen-bond donors (Lipinski definition) is 1. The third-order valence-electron chi connectivity index (χ3n) is 5.53. The van der Waals surface area contributed by atoms with Crippen molar-refractivity contribution in [2.24, 2.45) is 5.92 Å². The van der Waals surface area contributed by atoms with Gasteiger partial charge in [-0.15, -0.1) is 0 Å². The zero-order valence-corrected chi connectivity index (χ0v) is 13.8. The Morgan fingerprint density at radius 1 is 1.26 bits per heavy atom. The summed E-state index contributed by atoms with van der Waals surface area (Å²) in [4.78, 5) is 26.0. The molecule has 0 aromatic carbocycles. The van der Waals surface area contributed by atoms with E-state index < -0.39 is 18.1 Å². The van der Waals surface area contributed by atoms with E-state index in [1.54, 1.807) is 11.8 Å². The van der Waals surface area contributed by atoms with Crippen molar-refractivity contribution in [2.45, 2.75) is 76.2 Å². The van der Waals surface area contributed by atoms with E-state index in [-0.39, 0.29) is 18.1 Å². The second kappa shape index (κ2) is 7.18. The number of amides is 1. The molecule has 3 aliphatic rings. The summed E-state index contributed by atoms with van der Waals surface area (Å²) >= 11 is 0. The average Bonchev–Trinajstić information content (AvgIpc) is 3.19. The lowest BCUT2D eigenvalue weighted by Crippen LogP contribution is -2.50. The number of rotatable bonds is 5. The minimum Gasteiger partial charge on any atom is -0.480 e. The van der Waals surface area contributed by atoms with Crippen molar-refractivity contribution in [2.75, 3.05) is 13.2 Å². The number of aliphatic carboxylic acids is 1. The molecule has 23 heavy (non-hydrogen) atoms. The van der Waals surface area contributed by atoms with Crippen molar-refractivity contribution in [3.8, 4) is 0 Å². The fourth-order valence-electron chi connectivity index (χ4n) is 4.31. The Bertz CT molecular complexity index is 448. The van der Waals surface area contributed by atoms with Crippen LogP contribution in [0.5, 0.6) is 0 Å². The summed E-state index contributed by atoms with van der Waals surface area (Å²) in [7, 11) is 0. The van der Waals surface area contributed by atoms with E-state index in [9.17, 15) is 14.7 Å². The van der Waals surface area contributed by atoms with E-state index >= 15 is 0 Å². The molecule has 3 fully saturated rings. The highest BCUT2D eigenvalue weighted by molar-refractivity contribution is 5.87. The first-order valence-electron chi connectivity index (χ1n) is 8.86. The van der Waals surface area contributed by atoms with Gasteiger partial charge in [0.15, 0.2) is 0 Å². The minimum atomic E-state index is -0.890. The molecule has 0 bridgehead atoms. The molecule has 6 nitrogen and oxygen atoms in total. The van der Waals surface area contributed by atoms with Crippen LogP contribution < -0.4 is 0 Å². The summed E-state index contributed by atoms with van der Waals surface area (Å²) in [5, 5.41) is 9.51. The number of likely N-dealkylation sites (tertiary alicyclic amines) is 1. The molecule has 1 aliphatic carbocycles. The van der Waals surface area contributed by atoms with Crippen LogP contribution in [-0.4, -0.2) is 59.4 Å². The molecule has 1 amide bonds. The highest BCUT2D eigenvalue weighted by atomic mass is 16.5. The molecule has 2 heterocycles. The Labute approximate surface area is 137 Å². The van der Waals surface area contributed by atoms with Crippen LogP contribution in [0.2, 0.25) is 0 Å². The first-order chi connectivity index (χ1) is 11.1. The number of carboxylic acids is 1. The van der Waals surface area contributed by atoms with E-state index in [0.29, 0.717) is 18.9 Å². The maximum Gasteiger partial charge on any atom is 0.326 e. The Hall–Kier alpha value is -1.14. The van der Waals surface area contributed by atoms with Crippen LogP contribution >= 0.6 is 0 Å². The van der Waals surface area contributed by atoms with Gasteiger partial charge < -0.3 is 19.5 Å². The van der Waals surface area contributed by atoms with Crippen molar-refractivity contribution in [3.05, 3.63) is 0 Å². The monoisotopic (exact) mass is 325 g/mol. The molecule has 0 spiro atoms. The van der Waals surface area contributed by atoms with Crippen molar-refractivity contribution < 1.29 is 24.2 Å². The van der Waals surface area contributed by atoms with Gasteiger partial charge in [0, 0.05) is 12.6 Å². The number of carbonyl (C=O) groups is 2. The van der Waals surface area contributed by atoms with Gasteiger partial charge in [-0.05, 0) is 44.9 Å². The van der Waals surface area contributed by atoms with Crippen molar-refractivity contribution in [3.63, 3.8) is 0 Å². The average molecular weight is 325 g/mol. The first-order valence-corrected chi connectivity index (χ1v) is 8.86. The molecule has 0 aromatic heterocycles. The predicted molar refractivity (Wildman–Crippen MR) is 83.0 cm³/mol. The Morgan fingerprint density at radius 3 is 2.74 bits per heavy atom. The van der Waals surface area contributed by atoms with Crippen LogP contribution in [0.4, 0.5) is 0 Å². The van der Waals surface area contributed by atoms with Crippen LogP contribution in [0.3, 0.4) is 0 Å². The summed E-state index contributed by atoms with van der Waals surface area (Å²) in [5.74, 6) is -0.733. The zero-order chi connectivity index (χ0) is 16.4. The SMILES string of the molecule is C[C@H](OC[C@@H]1CCCO1)C(=O)N1[C@@H]2CCCC[C@H]2C[C@H]1C(=O)O. The third kappa shape index (κ3) is 3.53. The molecule has 2 saturated heterocycles. The topological polar surface area (TPSA) is 76.1 Å². The summed E-state index contributed by atoms with van der Waals surface area (Å²) in [6, 6.07) is -0.615. The molecule has 6 heteroatoms. The number of fused-ring (bicyclic) bond motifs is 1. The van der Waals surface area contributed by atoms with Gasteiger partial charge in [0.25, 0.3) is 5.91 Å². The Morgan fingerprint density at radius 2 is 2.04 bits per heavy atom. The van der Waals surface area contributed by atoms with Gasteiger partial charge in [-0.25, -0.2) is 4.79 Å². The number of hydrogen-bond acceptors (Lipinski definition) is 4. The maximum atomic E-state index is 12.8. The van der Waals surface area contributed by atoms with E-state index in [0.717, 1.165) is 45.1 Å². The molecule has 0 unspecified atom stereocenters. The van der Waals surface area contributed by atoms with Crippen molar-refractivity contribution in [1.82, 2.24) is 4.90 Å². The Balaban J connectivity index is 1.63. The fourth-order valence-corrected chi connectivity index (χ4v) is 4.31. The van der Waals surface area contributed by atoms with E-state index in [2.05, 4.69) is 0 Å². The van der Waals surface area contributed by atoms with Crippen LogP contribution in [0.25, 0.3) is 0 Å². The van der Waals surface area contributed by atoms with Gasteiger partial charge in [0.05, 0.1) is 12.7 Å². The molecule has 1 saturated carbocycles. The van der Waals surface area contributed by atoms with Crippen LogP contribution in [0.1, 0.15) is 51.9 Å². The molecule has 5 atom stereocenters. The van der Waals surface area contributed by atoms with Crippen molar-refractivity contribution >= 4 is 11.9 Å². The summed E-state index contributed by atoms with van der Waals surface area (Å²) in [6.07, 6.45) is 6.21. The molecule has 0 radical (unpaired) electrons. The number of ether oxygens (including phenoxy) is 2. The molecule has 2 aliphatic heterocycles. The van der Waals surface area contributed by atoms with Gasteiger partial charge in [-0.2, -0.15) is 0 Å². The lowest BCUT2D eigenvalue weighted by atomic mass is 9.84. The second-order valence-corrected chi connectivity index (χ2v) is 7.06. The van der Waals surface area contributed by atoms with Gasteiger partial charge in [0.1, 0.15) is 12.1 Å². The number of carboxylic acid groups (broad SMARTS) is 1.